The van der Waals surface area contributed by atoms with Gasteiger partial charge in [-0.2, -0.15) is 0 Å². The van der Waals surface area contributed by atoms with Gasteiger partial charge in [0.05, 0.1) is 19.5 Å². The van der Waals surface area contributed by atoms with Gasteiger partial charge in [0.25, 0.3) is 0 Å². The van der Waals surface area contributed by atoms with Gasteiger partial charge in [-0.25, -0.2) is 4.98 Å². The van der Waals surface area contributed by atoms with E-state index in [1.54, 1.807) is 12.5 Å². The molecule has 0 aliphatic rings. The molecule has 20 heavy (non-hydrogen) atoms. The van der Waals surface area contributed by atoms with Crippen LogP contribution in [-0.2, 0) is 13.0 Å². The van der Waals surface area contributed by atoms with E-state index in [1.165, 1.54) is 0 Å². The van der Waals surface area contributed by atoms with Gasteiger partial charge in [-0.3, -0.25) is 0 Å². The average Bonchev–Trinajstić information content (AvgIpc) is 2.95. The Balaban J connectivity index is 1.98. The molecular weight excluding hydrogens is 254 g/mol. The fraction of sp³-hybridized carbons (Fsp3) is 0.400. The van der Waals surface area contributed by atoms with Crippen molar-refractivity contribution in [3.63, 3.8) is 0 Å². The largest absolute Gasteiger partial charge is 0.490 e. The van der Waals surface area contributed by atoms with Crippen LogP contribution in [0.5, 0.6) is 11.5 Å². The molecule has 5 nitrogen and oxygen atoms in total. The average molecular weight is 275 g/mol. The van der Waals surface area contributed by atoms with E-state index in [0.717, 1.165) is 30.0 Å². The highest BCUT2D eigenvalue weighted by molar-refractivity contribution is 5.43. The van der Waals surface area contributed by atoms with Gasteiger partial charge in [0, 0.05) is 12.4 Å². The lowest BCUT2D eigenvalue weighted by molar-refractivity contribution is 0.266. The third kappa shape index (κ3) is 3.99. The third-order valence-electron chi connectivity index (χ3n) is 2.91. The lowest BCUT2D eigenvalue weighted by atomic mass is 10.1. The quantitative estimate of drug-likeness (QED) is 0.799. The maximum absolute atomic E-state index is 5.79. The summed E-state index contributed by atoms with van der Waals surface area (Å²) in [5.41, 5.74) is 6.74. The second-order valence-corrected chi connectivity index (χ2v) is 4.40. The van der Waals surface area contributed by atoms with Crippen molar-refractivity contribution >= 4 is 0 Å². The highest BCUT2D eigenvalue weighted by atomic mass is 16.5. The zero-order valence-electron chi connectivity index (χ0n) is 11.8. The summed E-state index contributed by atoms with van der Waals surface area (Å²) < 4.78 is 13.4. The van der Waals surface area contributed by atoms with E-state index >= 15 is 0 Å². The monoisotopic (exact) mass is 275 g/mol. The number of hydrogen-bond acceptors (Lipinski definition) is 4. The second kappa shape index (κ2) is 7.55. The summed E-state index contributed by atoms with van der Waals surface area (Å²) in [6, 6.07) is 5.98. The molecule has 2 N–H and O–H groups in total. The Labute approximate surface area is 119 Å². The molecule has 1 aromatic heterocycles. The number of nitrogens with two attached hydrogens (primary N) is 1. The molecule has 0 atom stereocenters. The summed E-state index contributed by atoms with van der Waals surface area (Å²) in [6.45, 7) is 4.55. The van der Waals surface area contributed by atoms with E-state index in [4.69, 9.17) is 15.2 Å². The number of rotatable bonds is 8. The van der Waals surface area contributed by atoms with Crippen molar-refractivity contribution in [2.75, 3.05) is 19.8 Å². The molecular formula is C15H21N3O2. The first-order valence-electron chi connectivity index (χ1n) is 6.87. The SMILES string of the molecule is CCOc1cc(CCN)ccc1OCCn1ccnc1. The van der Waals surface area contributed by atoms with Gasteiger partial charge in [0.15, 0.2) is 11.5 Å². The van der Waals surface area contributed by atoms with Crippen LogP contribution in [0.3, 0.4) is 0 Å². The summed E-state index contributed by atoms with van der Waals surface area (Å²) in [5, 5.41) is 0. The van der Waals surface area contributed by atoms with Gasteiger partial charge in [-0.1, -0.05) is 6.07 Å². The Kier molecular flexibility index (Phi) is 5.43. The normalized spacial score (nSPS) is 10.5. The minimum atomic E-state index is 0.576. The summed E-state index contributed by atoms with van der Waals surface area (Å²) in [6.07, 6.45) is 6.29. The number of aromatic nitrogens is 2. The molecule has 0 spiro atoms. The molecule has 2 rings (SSSR count). The van der Waals surface area contributed by atoms with Crippen LogP contribution in [0.25, 0.3) is 0 Å². The van der Waals surface area contributed by atoms with Crippen LogP contribution in [0.15, 0.2) is 36.9 Å². The summed E-state index contributed by atoms with van der Waals surface area (Å²) in [7, 11) is 0. The molecule has 0 saturated carbocycles. The van der Waals surface area contributed by atoms with E-state index in [-0.39, 0.29) is 0 Å². The van der Waals surface area contributed by atoms with E-state index in [2.05, 4.69) is 4.98 Å². The minimum Gasteiger partial charge on any atom is -0.490 e. The molecule has 0 aliphatic heterocycles. The Morgan fingerprint density at radius 1 is 1.25 bits per heavy atom. The molecule has 108 valence electrons. The van der Waals surface area contributed by atoms with E-state index in [1.807, 2.05) is 35.9 Å². The first-order chi connectivity index (χ1) is 9.83. The number of benzene rings is 1. The number of hydrogen-bond donors (Lipinski definition) is 1. The zero-order chi connectivity index (χ0) is 14.2. The van der Waals surface area contributed by atoms with Crippen molar-refractivity contribution in [2.45, 2.75) is 19.9 Å². The molecule has 1 heterocycles. The predicted octanol–water partition coefficient (Wildman–Crippen LogP) is 1.86. The van der Waals surface area contributed by atoms with Crippen molar-refractivity contribution < 1.29 is 9.47 Å². The Morgan fingerprint density at radius 3 is 2.85 bits per heavy atom. The lowest BCUT2D eigenvalue weighted by Gasteiger charge is -2.13. The molecule has 0 unspecified atom stereocenters. The zero-order valence-corrected chi connectivity index (χ0v) is 11.8. The standard InChI is InChI=1S/C15H21N3O2/c1-2-19-15-11-13(5-6-16)3-4-14(15)20-10-9-18-8-7-17-12-18/h3-4,7-8,11-12H,2,5-6,9-10,16H2,1H3. The molecule has 0 bridgehead atoms. The van der Waals surface area contributed by atoms with Crippen molar-refractivity contribution in [3.8, 4) is 11.5 Å². The summed E-state index contributed by atoms with van der Waals surface area (Å²) in [5.74, 6) is 1.55. The van der Waals surface area contributed by atoms with Gasteiger partial charge >= 0.3 is 0 Å². The van der Waals surface area contributed by atoms with Crippen LogP contribution < -0.4 is 15.2 Å². The number of ether oxygens (including phenoxy) is 2. The fourth-order valence-corrected chi connectivity index (χ4v) is 1.94. The van der Waals surface area contributed by atoms with Crippen molar-refractivity contribution in [1.82, 2.24) is 9.55 Å². The van der Waals surface area contributed by atoms with E-state index in [9.17, 15) is 0 Å². The first kappa shape index (κ1) is 14.4. The third-order valence-corrected chi connectivity index (χ3v) is 2.91. The van der Waals surface area contributed by atoms with Crippen LogP contribution in [0.4, 0.5) is 0 Å². The first-order valence-corrected chi connectivity index (χ1v) is 6.87. The maximum atomic E-state index is 5.79. The van der Waals surface area contributed by atoms with E-state index in [0.29, 0.717) is 19.8 Å². The topological polar surface area (TPSA) is 62.3 Å². The molecule has 0 saturated heterocycles. The lowest BCUT2D eigenvalue weighted by Crippen LogP contribution is -2.08. The van der Waals surface area contributed by atoms with Crippen LogP contribution >= 0.6 is 0 Å². The Hall–Kier alpha value is -2.01. The van der Waals surface area contributed by atoms with Crippen LogP contribution in [0, 0.1) is 0 Å². The van der Waals surface area contributed by atoms with Crippen molar-refractivity contribution in [1.29, 1.82) is 0 Å². The van der Waals surface area contributed by atoms with Crippen LogP contribution in [-0.4, -0.2) is 29.3 Å². The number of nitrogens with zero attached hydrogens (tertiary/aromatic N) is 2. The smallest absolute Gasteiger partial charge is 0.161 e. The predicted molar refractivity (Wildman–Crippen MR) is 78.1 cm³/mol. The van der Waals surface area contributed by atoms with Crippen molar-refractivity contribution in [2.24, 2.45) is 5.73 Å². The summed E-state index contributed by atoms with van der Waals surface area (Å²) in [4.78, 5) is 4.00. The second-order valence-electron chi connectivity index (χ2n) is 4.40. The van der Waals surface area contributed by atoms with Gasteiger partial charge in [-0.15, -0.1) is 0 Å². The Bertz CT molecular complexity index is 512. The highest BCUT2D eigenvalue weighted by Crippen LogP contribution is 2.28. The van der Waals surface area contributed by atoms with Gasteiger partial charge in [0.2, 0.25) is 0 Å². The molecule has 0 amide bonds. The molecule has 1 aromatic carbocycles. The number of imidazole rings is 1. The minimum absolute atomic E-state index is 0.576. The van der Waals surface area contributed by atoms with Gasteiger partial charge < -0.3 is 19.8 Å². The molecule has 2 aromatic rings. The fourth-order valence-electron chi connectivity index (χ4n) is 1.94. The molecule has 0 fully saturated rings. The van der Waals surface area contributed by atoms with Crippen molar-refractivity contribution in [3.05, 3.63) is 42.5 Å². The molecule has 5 heteroatoms. The highest BCUT2D eigenvalue weighted by Gasteiger charge is 2.06. The van der Waals surface area contributed by atoms with Crippen LogP contribution in [0.2, 0.25) is 0 Å². The molecule has 0 radical (unpaired) electrons. The van der Waals surface area contributed by atoms with Gasteiger partial charge in [0.1, 0.15) is 6.61 Å². The molecule has 0 aliphatic carbocycles. The maximum Gasteiger partial charge on any atom is 0.161 e. The van der Waals surface area contributed by atoms with E-state index < -0.39 is 0 Å². The Morgan fingerprint density at radius 2 is 2.15 bits per heavy atom. The van der Waals surface area contributed by atoms with Crippen LogP contribution in [0.1, 0.15) is 12.5 Å². The van der Waals surface area contributed by atoms with Gasteiger partial charge in [-0.05, 0) is 37.6 Å². The summed E-state index contributed by atoms with van der Waals surface area (Å²) >= 11 is 0.